The highest BCUT2D eigenvalue weighted by atomic mass is 35.5. The van der Waals surface area contributed by atoms with Crippen LogP contribution in [0.15, 0.2) is 60.8 Å². The lowest BCUT2D eigenvalue weighted by molar-refractivity contribution is 0.0951. The van der Waals surface area contributed by atoms with Crippen LogP contribution < -0.4 is 5.32 Å². The summed E-state index contributed by atoms with van der Waals surface area (Å²) in [5.74, 6) is -0.699. The van der Waals surface area contributed by atoms with Gasteiger partial charge in [-0.05, 0) is 48.0 Å². The molecule has 27 heavy (non-hydrogen) atoms. The van der Waals surface area contributed by atoms with Crippen LogP contribution in [0.4, 0.5) is 4.39 Å². The lowest BCUT2D eigenvalue weighted by Crippen LogP contribution is -2.23. The summed E-state index contributed by atoms with van der Waals surface area (Å²) in [5.41, 5.74) is 2.87. The quantitative estimate of drug-likeness (QED) is 0.587. The molecule has 0 aliphatic carbocycles. The van der Waals surface area contributed by atoms with Gasteiger partial charge in [0.2, 0.25) is 0 Å². The molecule has 0 aliphatic heterocycles. The van der Waals surface area contributed by atoms with Crippen LogP contribution in [0.25, 0.3) is 16.9 Å². The number of nitrogens with one attached hydrogen (secondary N) is 1. The van der Waals surface area contributed by atoms with E-state index in [1.807, 2.05) is 6.07 Å². The van der Waals surface area contributed by atoms with Crippen LogP contribution in [0.2, 0.25) is 5.02 Å². The second kappa shape index (κ2) is 7.13. The van der Waals surface area contributed by atoms with Gasteiger partial charge in [-0.1, -0.05) is 28.9 Å². The topological polar surface area (TPSA) is 72.7 Å². The van der Waals surface area contributed by atoms with Crippen LogP contribution in [0.3, 0.4) is 0 Å². The zero-order valence-electron chi connectivity index (χ0n) is 13.9. The summed E-state index contributed by atoms with van der Waals surface area (Å²) in [5, 5.41) is 11.1. The van der Waals surface area contributed by atoms with Crippen molar-refractivity contribution in [3.8, 4) is 5.69 Å². The lowest BCUT2D eigenvalue weighted by Gasteiger charge is -2.09. The number of hydrogen-bond donors (Lipinski definition) is 1. The van der Waals surface area contributed by atoms with Crippen LogP contribution in [0.5, 0.6) is 0 Å². The predicted molar refractivity (Wildman–Crippen MR) is 99.2 cm³/mol. The molecule has 0 radical (unpaired) electrons. The van der Waals surface area contributed by atoms with Gasteiger partial charge in [-0.2, -0.15) is 4.68 Å². The van der Waals surface area contributed by atoms with E-state index in [9.17, 15) is 9.18 Å². The maximum atomic E-state index is 13.2. The molecular weight excluding hydrogens is 369 g/mol. The van der Waals surface area contributed by atoms with Gasteiger partial charge in [0, 0.05) is 12.7 Å². The first-order valence-corrected chi connectivity index (χ1v) is 8.48. The molecule has 1 N–H and O–H groups in total. The number of amides is 1. The van der Waals surface area contributed by atoms with Crippen molar-refractivity contribution in [2.75, 3.05) is 0 Å². The van der Waals surface area contributed by atoms with Crippen LogP contribution in [-0.2, 0) is 6.54 Å². The van der Waals surface area contributed by atoms with Crippen molar-refractivity contribution in [2.24, 2.45) is 0 Å². The summed E-state index contributed by atoms with van der Waals surface area (Å²) in [6.45, 7) is 0.201. The largest absolute Gasteiger partial charge is 0.348 e. The molecule has 0 saturated carbocycles. The normalized spacial score (nSPS) is 10.9. The standard InChI is InChI=1S/C19H13ClFN5O/c20-16-10-14(26-18-17(24-25-26)5-2-8-22-18)6-7-15(16)19(27)23-11-12-3-1-4-13(21)9-12/h1-10H,11H2,(H,23,27). The highest BCUT2D eigenvalue weighted by Crippen LogP contribution is 2.22. The van der Waals surface area contributed by atoms with Crippen molar-refractivity contribution in [1.29, 1.82) is 0 Å². The fourth-order valence-electron chi connectivity index (χ4n) is 2.68. The fraction of sp³-hybridized carbons (Fsp3) is 0.0526. The summed E-state index contributed by atoms with van der Waals surface area (Å²) >= 11 is 6.30. The molecule has 6 nitrogen and oxygen atoms in total. The minimum atomic E-state index is -0.350. The first-order chi connectivity index (χ1) is 13.1. The number of benzene rings is 2. The fourth-order valence-corrected chi connectivity index (χ4v) is 2.94. The van der Waals surface area contributed by atoms with E-state index in [2.05, 4.69) is 20.6 Å². The van der Waals surface area contributed by atoms with Crippen molar-refractivity contribution in [2.45, 2.75) is 6.54 Å². The Hall–Kier alpha value is -3.32. The minimum Gasteiger partial charge on any atom is -0.348 e. The van der Waals surface area contributed by atoms with Gasteiger partial charge in [0.15, 0.2) is 5.65 Å². The molecule has 0 bridgehead atoms. The Kier molecular flexibility index (Phi) is 4.52. The van der Waals surface area contributed by atoms with E-state index in [0.717, 1.165) is 0 Å². The van der Waals surface area contributed by atoms with E-state index in [-0.39, 0.29) is 23.3 Å². The molecule has 0 saturated heterocycles. The number of nitrogens with zero attached hydrogens (tertiary/aromatic N) is 4. The third kappa shape index (κ3) is 3.50. The monoisotopic (exact) mass is 381 g/mol. The average Bonchev–Trinajstić information content (AvgIpc) is 3.10. The molecule has 1 amide bonds. The first-order valence-electron chi connectivity index (χ1n) is 8.11. The van der Waals surface area contributed by atoms with Crippen LogP contribution in [0, 0.1) is 5.82 Å². The van der Waals surface area contributed by atoms with Gasteiger partial charge in [-0.15, -0.1) is 5.10 Å². The van der Waals surface area contributed by atoms with Gasteiger partial charge in [0.1, 0.15) is 11.3 Å². The Morgan fingerprint density at radius 3 is 2.85 bits per heavy atom. The van der Waals surface area contributed by atoms with E-state index in [1.165, 1.54) is 12.1 Å². The number of hydrogen-bond acceptors (Lipinski definition) is 4. The van der Waals surface area contributed by atoms with E-state index < -0.39 is 0 Å². The lowest BCUT2D eigenvalue weighted by atomic mass is 10.1. The maximum absolute atomic E-state index is 13.2. The summed E-state index contributed by atoms with van der Waals surface area (Å²) in [4.78, 5) is 16.7. The second-order valence-corrected chi connectivity index (χ2v) is 6.23. The Labute approximate surface area is 158 Å². The Morgan fingerprint density at radius 2 is 2.04 bits per heavy atom. The molecule has 4 aromatic rings. The molecule has 0 atom stereocenters. The molecule has 2 heterocycles. The number of halogens is 2. The van der Waals surface area contributed by atoms with E-state index in [4.69, 9.17) is 11.6 Å². The average molecular weight is 382 g/mol. The summed E-state index contributed by atoms with van der Waals surface area (Å²) in [6.07, 6.45) is 1.65. The zero-order chi connectivity index (χ0) is 18.8. The van der Waals surface area contributed by atoms with Gasteiger partial charge in [0.25, 0.3) is 5.91 Å². The molecule has 0 unspecified atom stereocenters. The highest BCUT2D eigenvalue weighted by Gasteiger charge is 2.13. The summed E-state index contributed by atoms with van der Waals surface area (Å²) in [7, 11) is 0. The third-order valence-electron chi connectivity index (χ3n) is 3.99. The Morgan fingerprint density at radius 1 is 1.15 bits per heavy atom. The highest BCUT2D eigenvalue weighted by molar-refractivity contribution is 6.34. The molecule has 4 rings (SSSR count). The van der Waals surface area contributed by atoms with E-state index in [1.54, 1.807) is 47.3 Å². The molecule has 2 aromatic heterocycles. The molecular formula is C19H13ClFN5O. The molecule has 0 spiro atoms. The molecule has 134 valence electrons. The van der Waals surface area contributed by atoms with Gasteiger partial charge in [0.05, 0.1) is 16.3 Å². The molecule has 8 heteroatoms. The number of fused-ring (bicyclic) bond motifs is 1. The number of rotatable bonds is 4. The zero-order valence-corrected chi connectivity index (χ0v) is 14.7. The SMILES string of the molecule is O=C(NCc1cccc(F)c1)c1ccc(-n2nnc3cccnc32)cc1Cl. The maximum Gasteiger partial charge on any atom is 0.253 e. The van der Waals surface area contributed by atoms with Gasteiger partial charge >= 0.3 is 0 Å². The van der Waals surface area contributed by atoms with Crippen LogP contribution >= 0.6 is 11.6 Å². The number of carbonyl (C=O) groups excluding carboxylic acids is 1. The predicted octanol–water partition coefficient (Wildman–Crippen LogP) is 3.54. The van der Waals surface area contributed by atoms with Gasteiger partial charge < -0.3 is 5.32 Å². The van der Waals surface area contributed by atoms with Gasteiger partial charge in [-0.25, -0.2) is 9.37 Å². The van der Waals surface area contributed by atoms with Crippen molar-refractivity contribution in [1.82, 2.24) is 25.3 Å². The van der Waals surface area contributed by atoms with E-state index >= 15 is 0 Å². The third-order valence-corrected chi connectivity index (χ3v) is 4.31. The van der Waals surface area contributed by atoms with E-state index in [0.29, 0.717) is 28.0 Å². The molecule has 2 aromatic carbocycles. The Balaban J connectivity index is 1.55. The van der Waals surface area contributed by atoms with Crippen molar-refractivity contribution in [3.63, 3.8) is 0 Å². The second-order valence-electron chi connectivity index (χ2n) is 5.82. The smallest absolute Gasteiger partial charge is 0.253 e. The summed E-state index contributed by atoms with van der Waals surface area (Å²) < 4.78 is 14.8. The Bertz CT molecular complexity index is 1140. The number of carbonyl (C=O) groups is 1. The minimum absolute atomic E-state index is 0.201. The summed E-state index contributed by atoms with van der Waals surface area (Å²) in [6, 6.07) is 14.6. The van der Waals surface area contributed by atoms with Crippen molar-refractivity contribution < 1.29 is 9.18 Å². The number of aromatic nitrogens is 4. The number of pyridine rings is 1. The first kappa shape index (κ1) is 17.1. The molecule has 0 aliphatic rings. The molecule has 0 fully saturated rings. The van der Waals surface area contributed by atoms with Crippen molar-refractivity contribution >= 4 is 28.7 Å². The van der Waals surface area contributed by atoms with Crippen molar-refractivity contribution in [3.05, 3.63) is 82.8 Å². The van der Waals surface area contributed by atoms with Gasteiger partial charge in [-0.3, -0.25) is 4.79 Å². The van der Waals surface area contributed by atoms with Crippen LogP contribution in [-0.4, -0.2) is 25.9 Å². The van der Waals surface area contributed by atoms with Crippen LogP contribution in [0.1, 0.15) is 15.9 Å².